The van der Waals surface area contributed by atoms with Gasteiger partial charge in [-0.25, -0.2) is 4.39 Å². The quantitative estimate of drug-likeness (QED) is 0.542. The van der Waals surface area contributed by atoms with E-state index in [1.54, 1.807) is 31.2 Å². The average molecular weight is 308 g/mol. The van der Waals surface area contributed by atoms with Crippen molar-refractivity contribution in [2.75, 3.05) is 0 Å². The molecule has 3 aromatic carbocycles. The van der Waals surface area contributed by atoms with Gasteiger partial charge < -0.3 is 10.2 Å². The number of aromatic hydroxyl groups is 2. The molecule has 0 spiro atoms. The van der Waals surface area contributed by atoms with E-state index in [9.17, 15) is 14.6 Å². The van der Waals surface area contributed by atoms with Gasteiger partial charge >= 0.3 is 0 Å². The first-order valence-corrected chi connectivity index (χ1v) is 7.39. The third kappa shape index (κ3) is 3.04. The molecule has 1 atom stereocenters. The molecule has 0 aliphatic rings. The van der Waals surface area contributed by atoms with Gasteiger partial charge in [0.25, 0.3) is 0 Å². The Balaban J connectivity index is 2.20. The van der Waals surface area contributed by atoms with Crippen LogP contribution in [-0.2, 0) is 0 Å². The van der Waals surface area contributed by atoms with E-state index in [1.165, 1.54) is 12.1 Å². The zero-order valence-corrected chi connectivity index (χ0v) is 12.7. The first-order chi connectivity index (χ1) is 11.1. The molecule has 0 fully saturated rings. The molecule has 0 aromatic heterocycles. The molecule has 0 heterocycles. The lowest BCUT2D eigenvalue weighted by molar-refractivity contribution is 0.450. The molecule has 0 bridgehead atoms. The van der Waals surface area contributed by atoms with Gasteiger partial charge in [-0.3, -0.25) is 0 Å². The molecule has 3 rings (SSSR count). The number of hydrogen-bond donors (Lipinski definition) is 2. The molecule has 0 saturated heterocycles. The van der Waals surface area contributed by atoms with Crippen LogP contribution in [0.4, 0.5) is 4.39 Å². The van der Waals surface area contributed by atoms with Gasteiger partial charge in [0.2, 0.25) is 0 Å². The molecule has 116 valence electrons. The predicted octanol–water partition coefficient (Wildman–Crippen LogP) is 4.73. The van der Waals surface area contributed by atoms with Crippen molar-refractivity contribution in [1.29, 1.82) is 0 Å². The van der Waals surface area contributed by atoms with Crippen molar-refractivity contribution >= 4 is 0 Å². The minimum absolute atomic E-state index is 0.110. The second-order valence-corrected chi connectivity index (χ2v) is 5.59. The Labute approximate surface area is 134 Å². The van der Waals surface area contributed by atoms with Crippen molar-refractivity contribution in [1.82, 2.24) is 0 Å². The van der Waals surface area contributed by atoms with Gasteiger partial charge in [-0.15, -0.1) is 0 Å². The summed E-state index contributed by atoms with van der Waals surface area (Å²) in [5.74, 6) is -0.362. The maximum atomic E-state index is 13.3. The zero-order chi connectivity index (χ0) is 16.4. The van der Waals surface area contributed by atoms with Gasteiger partial charge in [0.05, 0.1) is 0 Å². The molecule has 1 unspecified atom stereocenters. The van der Waals surface area contributed by atoms with Crippen molar-refractivity contribution in [3.63, 3.8) is 0 Å². The summed E-state index contributed by atoms with van der Waals surface area (Å²) in [7, 11) is 0. The van der Waals surface area contributed by atoms with E-state index in [4.69, 9.17) is 0 Å². The third-order valence-electron chi connectivity index (χ3n) is 3.99. The average Bonchev–Trinajstić information content (AvgIpc) is 2.55. The molecule has 3 heteroatoms. The summed E-state index contributed by atoms with van der Waals surface area (Å²) in [5, 5.41) is 20.4. The van der Waals surface area contributed by atoms with E-state index < -0.39 is 0 Å². The fourth-order valence-electron chi connectivity index (χ4n) is 2.78. The van der Waals surface area contributed by atoms with E-state index in [0.717, 1.165) is 11.1 Å². The first-order valence-electron chi connectivity index (χ1n) is 7.39. The molecule has 2 N–H and O–H groups in total. The van der Waals surface area contributed by atoms with E-state index in [0.29, 0.717) is 11.1 Å². The van der Waals surface area contributed by atoms with Crippen LogP contribution < -0.4 is 0 Å². The molecule has 2 nitrogen and oxygen atoms in total. The highest BCUT2D eigenvalue weighted by Crippen LogP contribution is 2.39. The van der Waals surface area contributed by atoms with Gasteiger partial charge in [-0.05, 0) is 47.9 Å². The largest absolute Gasteiger partial charge is 0.508 e. The highest BCUT2D eigenvalue weighted by Gasteiger charge is 2.21. The number of phenolic OH excluding ortho intramolecular Hbond substituents is 2. The smallest absolute Gasteiger partial charge is 0.123 e. The number of halogens is 1. The minimum atomic E-state index is -0.309. The maximum absolute atomic E-state index is 13.3. The fraction of sp³-hybridized carbons (Fsp3) is 0.100. The summed E-state index contributed by atoms with van der Waals surface area (Å²) in [4.78, 5) is 0. The molecule has 0 aliphatic carbocycles. The van der Waals surface area contributed by atoms with Gasteiger partial charge in [0, 0.05) is 11.5 Å². The third-order valence-corrected chi connectivity index (χ3v) is 3.99. The van der Waals surface area contributed by atoms with Crippen molar-refractivity contribution in [2.24, 2.45) is 0 Å². The van der Waals surface area contributed by atoms with Crippen LogP contribution in [0.5, 0.6) is 11.5 Å². The van der Waals surface area contributed by atoms with Crippen LogP contribution in [0.15, 0.2) is 66.7 Å². The molecule has 0 amide bonds. The number of phenols is 2. The van der Waals surface area contributed by atoms with Crippen LogP contribution in [-0.4, -0.2) is 10.2 Å². The van der Waals surface area contributed by atoms with E-state index >= 15 is 0 Å². The topological polar surface area (TPSA) is 40.5 Å². The number of aryl methyl sites for hydroxylation is 1. The summed E-state index contributed by atoms with van der Waals surface area (Å²) in [5.41, 5.74) is 3.00. The second-order valence-electron chi connectivity index (χ2n) is 5.59. The number of benzene rings is 3. The highest BCUT2D eigenvalue weighted by atomic mass is 19.1. The van der Waals surface area contributed by atoms with E-state index in [1.807, 2.05) is 30.3 Å². The molecule has 23 heavy (non-hydrogen) atoms. The van der Waals surface area contributed by atoms with Crippen molar-refractivity contribution < 1.29 is 14.6 Å². The Morgan fingerprint density at radius 3 is 2.04 bits per heavy atom. The summed E-state index contributed by atoms with van der Waals surface area (Å²) in [6.45, 7) is 1.73. The van der Waals surface area contributed by atoms with Crippen molar-refractivity contribution in [2.45, 2.75) is 12.8 Å². The SMILES string of the molecule is Cc1cc(O)c(C(c2ccccc2)c2ccc(F)cc2)cc1O. The van der Waals surface area contributed by atoms with Gasteiger partial charge in [0.15, 0.2) is 0 Å². The molecular formula is C20H17FO2. The van der Waals surface area contributed by atoms with Gasteiger partial charge in [0.1, 0.15) is 17.3 Å². The van der Waals surface area contributed by atoms with Crippen LogP contribution in [0.3, 0.4) is 0 Å². The summed E-state index contributed by atoms with van der Waals surface area (Å²) >= 11 is 0. The Bertz CT molecular complexity index is 811. The lowest BCUT2D eigenvalue weighted by Crippen LogP contribution is -2.04. The van der Waals surface area contributed by atoms with Crippen LogP contribution in [0.1, 0.15) is 28.2 Å². The van der Waals surface area contributed by atoms with Crippen LogP contribution in [0, 0.1) is 12.7 Å². The minimum Gasteiger partial charge on any atom is -0.508 e. The van der Waals surface area contributed by atoms with Gasteiger partial charge in [-0.2, -0.15) is 0 Å². The standard InChI is InChI=1S/C20H17FO2/c1-13-11-19(23)17(12-18(13)22)20(14-5-3-2-4-6-14)15-7-9-16(21)10-8-15/h2-12,20,22-23H,1H3. The van der Waals surface area contributed by atoms with Gasteiger partial charge in [-0.1, -0.05) is 42.5 Å². The molecular weight excluding hydrogens is 291 g/mol. The van der Waals surface area contributed by atoms with Crippen LogP contribution in [0.25, 0.3) is 0 Å². The monoisotopic (exact) mass is 308 g/mol. The van der Waals surface area contributed by atoms with Crippen molar-refractivity contribution in [3.05, 3.63) is 94.8 Å². The van der Waals surface area contributed by atoms with Crippen LogP contribution in [0.2, 0.25) is 0 Å². The summed E-state index contributed by atoms with van der Waals surface area (Å²) < 4.78 is 13.3. The number of hydrogen-bond acceptors (Lipinski definition) is 2. The molecule has 3 aromatic rings. The Hall–Kier alpha value is -2.81. The second kappa shape index (κ2) is 6.13. The lowest BCUT2D eigenvalue weighted by Gasteiger charge is -2.20. The highest BCUT2D eigenvalue weighted by molar-refractivity contribution is 5.53. The molecule has 0 radical (unpaired) electrons. The first kappa shape index (κ1) is 15.1. The maximum Gasteiger partial charge on any atom is 0.123 e. The van der Waals surface area contributed by atoms with E-state index in [2.05, 4.69) is 0 Å². The zero-order valence-electron chi connectivity index (χ0n) is 12.7. The Morgan fingerprint density at radius 2 is 1.39 bits per heavy atom. The number of rotatable bonds is 3. The summed E-state index contributed by atoms with van der Waals surface area (Å²) in [6, 6.07) is 19.0. The van der Waals surface area contributed by atoms with Crippen molar-refractivity contribution in [3.8, 4) is 11.5 Å². The van der Waals surface area contributed by atoms with Crippen LogP contribution >= 0.6 is 0 Å². The molecule has 0 saturated carbocycles. The normalized spacial score (nSPS) is 12.1. The predicted molar refractivity (Wildman–Crippen MR) is 88.3 cm³/mol. The lowest BCUT2D eigenvalue weighted by atomic mass is 9.84. The Kier molecular flexibility index (Phi) is 4.02. The van der Waals surface area contributed by atoms with E-state index in [-0.39, 0.29) is 23.2 Å². The Morgan fingerprint density at radius 1 is 0.783 bits per heavy atom. The molecule has 0 aliphatic heterocycles. The summed E-state index contributed by atoms with van der Waals surface area (Å²) in [6.07, 6.45) is 0. The fourth-order valence-corrected chi connectivity index (χ4v) is 2.78.